The van der Waals surface area contributed by atoms with Crippen LogP contribution in [0, 0.1) is 19.8 Å². The van der Waals surface area contributed by atoms with Gasteiger partial charge in [-0.25, -0.2) is 4.98 Å². The second-order valence-electron chi connectivity index (χ2n) is 9.75. The Morgan fingerprint density at radius 2 is 1.79 bits per heavy atom. The van der Waals surface area contributed by atoms with Gasteiger partial charge < -0.3 is 15.3 Å². The zero-order valence-electron chi connectivity index (χ0n) is 20.3. The molecule has 6 nitrogen and oxygen atoms in total. The SMILES string of the molecule is CC(=O)c1cnc2ccc(-c3cc(C)c(O)c(C)c3)nc2c1N[C@H]1CC[C@H](CN(C)C)CC1. The van der Waals surface area contributed by atoms with Crippen LogP contribution >= 0.6 is 0 Å². The van der Waals surface area contributed by atoms with E-state index < -0.39 is 0 Å². The molecule has 1 saturated carbocycles. The van der Waals surface area contributed by atoms with Gasteiger partial charge in [0.2, 0.25) is 0 Å². The Morgan fingerprint density at radius 1 is 1.12 bits per heavy atom. The lowest BCUT2D eigenvalue weighted by molar-refractivity contribution is 0.101. The fourth-order valence-electron chi connectivity index (χ4n) is 4.95. The van der Waals surface area contributed by atoms with E-state index in [1.165, 1.54) is 12.8 Å². The van der Waals surface area contributed by atoms with E-state index in [1.54, 1.807) is 13.1 Å². The summed E-state index contributed by atoms with van der Waals surface area (Å²) in [7, 11) is 4.26. The third-order valence-electron chi connectivity index (χ3n) is 6.70. The molecule has 4 rings (SSSR count). The molecule has 2 aromatic heterocycles. The van der Waals surface area contributed by atoms with Gasteiger partial charge in [-0.2, -0.15) is 0 Å². The number of phenolic OH excluding ortho intramolecular Hbond substituents is 1. The van der Waals surface area contributed by atoms with E-state index >= 15 is 0 Å². The fraction of sp³-hybridized carbons (Fsp3) is 0.444. The Bertz CT molecular complexity index is 1160. The maximum atomic E-state index is 12.5. The average molecular weight is 447 g/mol. The molecule has 1 fully saturated rings. The molecule has 1 aromatic carbocycles. The number of anilines is 1. The molecule has 0 atom stereocenters. The van der Waals surface area contributed by atoms with Crippen LogP contribution < -0.4 is 5.32 Å². The quantitative estimate of drug-likeness (QED) is 0.497. The number of benzene rings is 1. The molecule has 0 aliphatic heterocycles. The fourth-order valence-corrected chi connectivity index (χ4v) is 4.95. The molecule has 0 radical (unpaired) electrons. The molecule has 0 bridgehead atoms. The summed E-state index contributed by atoms with van der Waals surface area (Å²) in [4.78, 5) is 24.2. The van der Waals surface area contributed by atoms with Crippen molar-refractivity contribution in [1.82, 2.24) is 14.9 Å². The number of nitrogens with one attached hydrogen (secondary N) is 1. The Kier molecular flexibility index (Phi) is 6.66. The zero-order chi connectivity index (χ0) is 23.7. The molecule has 0 amide bonds. The van der Waals surface area contributed by atoms with Crippen molar-refractivity contribution in [2.45, 2.75) is 52.5 Å². The molecule has 2 N–H and O–H groups in total. The number of carbonyl (C=O) groups is 1. The van der Waals surface area contributed by atoms with Gasteiger partial charge in [-0.15, -0.1) is 0 Å². The maximum Gasteiger partial charge on any atom is 0.163 e. The molecule has 0 saturated heterocycles. The predicted molar refractivity (Wildman–Crippen MR) is 134 cm³/mol. The summed E-state index contributed by atoms with van der Waals surface area (Å²) in [5.74, 6) is 1.02. The Labute approximate surface area is 196 Å². The zero-order valence-corrected chi connectivity index (χ0v) is 20.3. The van der Waals surface area contributed by atoms with Crippen LogP contribution in [0.1, 0.15) is 54.1 Å². The van der Waals surface area contributed by atoms with Crippen molar-refractivity contribution in [3.05, 3.63) is 47.2 Å². The van der Waals surface area contributed by atoms with Gasteiger partial charge in [0.1, 0.15) is 11.3 Å². The van der Waals surface area contributed by atoms with Crippen molar-refractivity contribution >= 4 is 22.5 Å². The van der Waals surface area contributed by atoms with E-state index in [2.05, 4.69) is 29.3 Å². The number of aromatic nitrogens is 2. The highest BCUT2D eigenvalue weighted by atomic mass is 16.3. The van der Waals surface area contributed by atoms with Crippen LogP contribution in [0.4, 0.5) is 5.69 Å². The van der Waals surface area contributed by atoms with Gasteiger partial charge >= 0.3 is 0 Å². The van der Waals surface area contributed by atoms with Crippen molar-refractivity contribution in [2.24, 2.45) is 5.92 Å². The van der Waals surface area contributed by atoms with E-state index in [1.807, 2.05) is 38.1 Å². The van der Waals surface area contributed by atoms with Crippen LogP contribution in [-0.4, -0.2) is 52.4 Å². The molecule has 0 unspecified atom stereocenters. The van der Waals surface area contributed by atoms with Crippen LogP contribution in [-0.2, 0) is 0 Å². The second kappa shape index (κ2) is 9.48. The number of fused-ring (bicyclic) bond motifs is 1. The van der Waals surface area contributed by atoms with E-state index in [0.717, 1.165) is 64.4 Å². The smallest absolute Gasteiger partial charge is 0.163 e. The topological polar surface area (TPSA) is 78.3 Å². The first-order valence-corrected chi connectivity index (χ1v) is 11.8. The molecule has 2 heterocycles. The van der Waals surface area contributed by atoms with Crippen molar-refractivity contribution in [1.29, 1.82) is 0 Å². The first-order valence-electron chi connectivity index (χ1n) is 11.8. The summed E-state index contributed by atoms with van der Waals surface area (Å²) in [5.41, 5.74) is 6.23. The van der Waals surface area contributed by atoms with Gasteiger partial charge in [-0.3, -0.25) is 9.78 Å². The van der Waals surface area contributed by atoms with Crippen LogP contribution in [0.15, 0.2) is 30.5 Å². The monoisotopic (exact) mass is 446 g/mol. The van der Waals surface area contributed by atoms with Crippen molar-refractivity contribution < 1.29 is 9.90 Å². The summed E-state index contributed by atoms with van der Waals surface area (Å²) < 4.78 is 0. The lowest BCUT2D eigenvalue weighted by Crippen LogP contribution is -2.31. The van der Waals surface area contributed by atoms with Gasteiger partial charge in [0, 0.05) is 24.3 Å². The minimum absolute atomic E-state index is 0.0169. The molecule has 33 heavy (non-hydrogen) atoms. The lowest BCUT2D eigenvalue weighted by Gasteiger charge is -2.31. The summed E-state index contributed by atoms with van der Waals surface area (Å²) in [6, 6.07) is 8.11. The van der Waals surface area contributed by atoms with Gasteiger partial charge in [0.15, 0.2) is 5.78 Å². The lowest BCUT2D eigenvalue weighted by atomic mass is 9.85. The van der Waals surface area contributed by atoms with Crippen LogP contribution in [0.5, 0.6) is 5.75 Å². The number of rotatable bonds is 6. The summed E-state index contributed by atoms with van der Waals surface area (Å²) >= 11 is 0. The van der Waals surface area contributed by atoms with E-state index in [0.29, 0.717) is 17.4 Å². The average Bonchev–Trinajstić information content (AvgIpc) is 2.77. The molecule has 6 heteroatoms. The van der Waals surface area contributed by atoms with Crippen molar-refractivity contribution in [3.63, 3.8) is 0 Å². The molecule has 3 aromatic rings. The highest BCUT2D eigenvalue weighted by molar-refractivity contribution is 6.06. The van der Waals surface area contributed by atoms with Crippen molar-refractivity contribution in [3.8, 4) is 17.0 Å². The standard InChI is InChI=1S/C27H34N4O2/c1-16-12-20(13-17(2)27(16)33)23-10-11-24-26(30-23)25(22(14-28-24)18(3)32)29-21-8-6-19(7-9-21)15-31(4)5/h10-14,19,21,33H,6-9,15H2,1-5H3,(H,28,29)/t19-,21-. The normalized spacial score (nSPS) is 18.6. The summed E-state index contributed by atoms with van der Waals surface area (Å²) in [6.45, 7) is 6.49. The minimum atomic E-state index is -0.0169. The number of aromatic hydroxyl groups is 1. The van der Waals surface area contributed by atoms with Gasteiger partial charge in [0.05, 0.1) is 22.5 Å². The maximum absolute atomic E-state index is 12.5. The number of pyridine rings is 2. The molecule has 0 spiro atoms. The number of nitrogens with zero attached hydrogens (tertiary/aromatic N) is 3. The van der Waals surface area contributed by atoms with Crippen LogP contribution in [0.25, 0.3) is 22.3 Å². The molecule has 1 aliphatic carbocycles. The molecule has 174 valence electrons. The highest BCUT2D eigenvalue weighted by Gasteiger charge is 2.24. The largest absolute Gasteiger partial charge is 0.507 e. The van der Waals surface area contributed by atoms with Gasteiger partial charge in [-0.1, -0.05) is 0 Å². The number of hydrogen-bond acceptors (Lipinski definition) is 6. The first kappa shape index (κ1) is 23.2. The van der Waals surface area contributed by atoms with E-state index in [4.69, 9.17) is 4.98 Å². The summed E-state index contributed by atoms with van der Waals surface area (Å²) in [5, 5.41) is 13.8. The molecular weight excluding hydrogens is 412 g/mol. The molecular formula is C27H34N4O2. The van der Waals surface area contributed by atoms with E-state index in [-0.39, 0.29) is 5.78 Å². The van der Waals surface area contributed by atoms with Crippen LogP contribution in [0.2, 0.25) is 0 Å². The third-order valence-corrected chi connectivity index (χ3v) is 6.70. The third kappa shape index (κ3) is 5.01. The van der Waals surface area contributed by atoms with Crippen molar-refractivity contribution in [2.75, 3.05) is 26.0 Å². The number of ketones is 1. The van der Waals surface area contributed by atoms with Gasteiger partial charge in [0.25, 0.3) is 0 Å². The second-order valence-corrected chi connectivity index (χ2v) is 9.75. The predicted octanol–water partition coefficient (Wildman–Crippen LogP) is 5.35. The Morgan fingerprint density at radius 3 is 2.39 bits per heavy atom. The number of phenols is 1. The van der Waals surface area contributed by atoms with Crippen LogP contribution in [0.3, 0.4) is 0 Å². The Hall–Kier alpha value is -2.99. The molecule has 1 aliphatic rings. The first-order chi connectivity index (χ1) is 15.7. The number of carbonyl (C=O) groups excluding carboxylic acids is 1. The number of Topliss-reactive ketones (excluding diaryl/α,β-unsaturated/α-hetero) is 1. The van der Waals surface area contributed by atoms with E-state index in [9.17, 15) is 9.90 Å². The minimum Gasteiger partial charge on any atom is -0.507 e. The number of hydrogen-bond donors (Lipinski definition) is 2. The van der Waals surface area contributed by atoms with Gasteiger partial charge in [-0.05, 0) is 102 Å². The Balaban J connectivity index is 1.71. The highest BCUT2D eigenvalue weighted by Crippen LogP contribution is 2.34. The summed E-state index contributed by atoms with van der Waals surface area (Å²) in [6.07, 6.45) is 6.18. The number of aryl methyl sites for hydroxylation is 2.